The summed E-state index contributed by atoms with van der Waals surface area (Å²) in [5.74, 6) is -2.19. The highest BCUT2D eigenvalue weighted by Crippen LogP contribution is 2.36. The minimum Gasteiger partial charge on any atom is -0.508 e. The fourth-order valence-corrected chi connectivity index (χ4v) is 4.29. The summed E-state index contributed by atoms with van der Waals surface area (Å²) in [6, 6.07) is 7.84. The Bertz CT molecular complexity index is 1140. The summed E-state index contributed by atoms with van der Waals surface area (Å²) in [6.45, 7) is 2.91. The van der Waals surface area contributed by atoms with Crippen LogP contribution in [0.15, 0.2) is 36.4 Å². The fourth-order valence-electron chi connectivity index (χ4n) is 3.37. The third-order valence-corrected chi connectivity index (χ3v) is 5.56. The molecule has 0 bridgehead atoms. The number of fused-ring (bicyclic) bond motifs is 1. The molecular formula is C20H20N2O6S. The van der Waals surface area contributed by atoms with E-state index in [1.165, 1.54) is 37.3 Å². The lowest BCUT2D eigenvalue weighted by molar-refractivity contribution is -0.114. The van der Waals surface area contributed by atoms with Gasteiger partial charge in [-0.25, -0.2) is 8.42 Å². The predicted molar refractivity (Wildman–Crippen MR) is 107 cm³/mol. The van der Waals surface area contributed by atoms with E-state index in [0.717, 1.165) is 11.2 Å². The molecule has 1 heterocycles. The Morgan fingerprint density at radius 3 is 2.45 bits per heavy atom. The normalized spacial score (nSPS) is 14.7. The van der Waals surface area contributed by atoms with E-state index >= 15 is 0 Å². The number of imide groups is 1. The summed E-state index contributed by atoms with van der Waals surface area (Å²) in [7, 11) is -3.57. The van der Waals surface area contributed by atoms with Crippen molar-refractivity contribution in [2.45, 2.75) is 19.9 Å². The molecule has 3 amide bonds. The van der Waals surface area contributed by atoms with Crippen LogP contribution in [0.1, 0.15) is 44.8 Å². The first-order valence-electron chi connectivity index (χ1n) is 8.75. The second-order valence-electron chi connectivity index (χ2n) is 7.04. The number of benzene rings is 2. The topological polar surface area (TPSA) is 121 Å². The zero-order chi connectivity index (χ0) is 21.5. The van der Waals surface area contributed by atoms with Crippen LogP contribution in [-0.4, -0.2) is 48.2 Å². The number of aromatic hydroxyl groups is 1. The Labute approximate surface area is 168 Å². The molecule has 1 atom stereocenters. The molecule has 152 valence electrons. The van der Waals surface area contributed by atoms with Crippen LogP contribution in [0.3, 0.4) is 0 Å². The van der Waals surface area contributed by atoms with E-state index in [0.29, 0.717) is 11.1 Å². The number of carbonyl (C=O) groups excluding carboxylic acids is 3. The van der Waals surface area contributed by atoms with Gasteiger partial charge in [0.15, 0.2) is 0 Å². The lowest BCUT2D eigenvalue weighted by Crippen LogP contribution is -2.37. The highest BCUT2D eigenvalue weighted by molar-refractivity contribution is 7.90. The number of hydrogen-bond acceptors (Lipinski definition) is 6. The summed E-state index contributed by atoms with van der Waals surface area (Å²) in [4.78, 5) is 38.6. The molecule has 0 fully saturated rings. The van der Waals surface area contributed by atoms with Gasteiger partial charge in [0.1, 0.15) is 15.6 Å². The number of aryl methyl sites for hydroxylation is 1. The van der Waals surface area contributed by atoms with Crippen molar-refractivity contribution in [3.8, 4) is 5.75 Å². The summed E-state index contributed by atoms with van der Waals surface area (Å²) in [5, 5.41) is 12.3. The number of rotatable bonds is 5. The first-order chi connectivity index (χ1) is 13.5. The van der Waals surface area contributed by atoms with Crippen molar-refractivity contribution in [3.63, 3.8) is 0 Å². The number of sulfone groups is 1. The predicted octanol–water partition coefficient (Wildman–Crippen LogP) is 2.04. The van der Waals surface area contributed by atoms with E-state index in [9.17, 15) is 27.9 Å². The molecule has 0 spiro atoms. The number of hydrogen-bond donors (Lipinski definition) is 2. The molecule has 9 heteroatoms. The van der Waals surface area contributed by atoms with Crippen molar-refractivity contribution in [2.24, 2.45) is 0 Å². The van der Waals surface area contributed by atoms with Gasteiger partial charge in [-0.3, -0.25) is 19.3 Å². The Kier molecular flexibility index (Phi) is 5.18. The third kappa shape index (κ3) is 4.00. The number of phenols is 1. The van der Waals surface area contributed by atoms with Gasteiger partial charge in [0.05, 0.1) is 28.6 Å². The van der Waals surface area contributed by atoms with Crippen LogP contribution in [0.5, 0.6) is 5.75 Å². The maximum absolute atomic E-state index is 13.2. The van der Waals surface area contributed by atoms with Crippen molar-refractivity contribution in [1.82, 2.24) is 4.90 Å². The average Bonchev–Trinajstić information content (AvgIpc) is 2.86. The molecule has 0 aliphatic carbocycles. The van der Waals surface area contributed by atoms with Gasteiger partial charge < -0.3 is 10.4 Å². The van der Waals surface area contributed by atoms with Crippen LogP contribution in [0.25, 0.3) is 0 Å². The average molecular weight is 416 g/mol. The maximum atomic E-state index is 13.2. The van der Waals surface area contributed by atoms with Crippen LogP contribution in [0.4, 0.5) is 5.69 Å². The zero-order valence-electron chi connectivity index (χ0n) is 16.1. The van der Waals surface area contributed by atoms with Gasteiger partial charge in [-0.05, 0) is 36.2 Å². The maximum Gasteiger partial charge on any atom is 0.264 e. The number of nitrogens with one attached hydrogen (secondary N) is 1. The van der Waals surface area contributed by atoms with Crippen LogP contribution in [-0.2, 0) is 14.6 Å². The minimum atomic E-state index is -3.57. The SMILES string of the molecule is CC(=O)Nc1cccc2c1C(=O)N([C@@H](CS(C)(=O)=O)c1ccc(O)c(C)c1)C2=O. The summed E-state index contributed by atoms with van der Waals surface area (Å²) in [6.07, 6.45) is 1.02. The van der Waals surface area contributed by atoms with Crippen molar-refractivity contribution < 1.29 is 27.9 Å². The fraction of sp³-hybridized carbons (Fsp3) is 0.250. The molecule has 2 N–H and O–H groups in total. The van der Waals surface area contributed by atoms with Gasteiger partial charge in [0, 0.05) is 13.2 Å². The monoisotopic (exact) mass is 416 g/mol. The molecule has 0 unspecified atom stereocenters. The Morgan fingerprint density at radius 2 is 1.86 bits per heavy atom. The second-order valence-corrected chi connectivity index (χ2v) is 9.23. The molecule has 0 saturated heterocycles. The molecule has 8 nitrogen and oxygen atoms in total. The molecule has 2 aromatic carbocycles. The highest BCUT2D eigenvalue weighted by Gasteiger charge is 2.43. The van der Waals surface area contributed by atoms with Gasteiger partial charge in [-0.1, -0.05) is 18.2 Å². The summed E-state index contributed by atoms with van der Waals surface area (Å²) < 4.78 is 24.1. The zero-order valence-corrected chi connectivity index (χ0v) is 16.9. The highest BCUT2D eigenvalue weighted by atomic mass is 32.2. The molecule has 0 saturated carbocycles. The van der Waals surface area contributed by atoms with Crippen molar-refractivity contribution in [3.05, 3.63) is 58.7 Å². The van der Waals surface area contributed by atoms with Crippen molar-refractivity contribution >= 4 is 33.2 Å². The molecule has 0 radical (unpaired) electrons. The third-order valence-electron chi connectivity index (χ3n) is 4.63. The van der Waals surface area contributed by atoms with Crippen molar-refractivity contribution in [2.75, 3.05) is 17.3 Å². The van der Waals surface area contributed by atoms with E-state index in [1.807, 2.05) is 0 Å². The van der Waals surface area contributed by atoms with E-state index in [-0.39, 0.29) is 22.6 Å². The molecular weight excluding hydrogens is 396 g/mol. The van der Waals surface area contributed by atoms with E-state index in [1.54, 1.807) is 13.0 Å². The van der Waals surface area contributed by atoms with E-state index < -0.39 is 39.4 Å². The van der Waals surface area contributed by atoms with Gasteiger partial charge in [-0.15, -0.1) is 0 Å². The Morgan fingerprint density at radius 1 is 1.17 bits per heavy atom. The molecule has 0 aromatic heterocycles. The Balaban J connectivity index is 2.13. The number of anilines is 1. The lowest BCUT2D eigenvalue weighted by Gasteiger charge is -2.26. The Hall–Kier alpha value is -3.20. The van der Waals surface area contributed by atoms with Crippen LogP contribution >= 0.6 is 0 Å². The number of carbonyl (C=O) groups is 3. The molecule has 1 aliphatic heterocycles. The molecule has 2 aromatic rings. The standard InChI is InChI=1S/C20H20N2O6S/c1-11-9-13(7-8-17(11)24)16(10-29(3,27)28)22-19(25)14-5-4-6-15(21-12(2)23)18(14)20(22)26/h4-9,16,24H,10H2,1-3H3,(H,21,23)/t16-/m0/s1. The van der Waals surface area contributed by atoms with Gasteiger partial charge in [-0.2, -0.15) is 0 Å². The molecule has 3 rings (SSSR count). The van der Waals surface area contributed by atoms with Crippen LogP contribution < -0.4 is 5.32 Å². The summed E-state index contributed by atoms with van der Waals surface area (Å²) >= 11 is 0. The first-order valence-corrected chi connectivity index (χ1v) is 10.8. The first kappa shape index (κ1) is 20.5. The molecule has 1 aliphatic rings. The van der Waals surface area contributed by atoms with Gasteiger partial charge in [0.2, 0.25) is 5.91 Å². The quantitative estimate of drug-likeness (QED) is 0.720. The van der Waals surface area contributed by atoms with Crippen LogP contribution in [0.2, 0.25) is 0 Å². The second kappa shape index (κ2) is 7.32. The summed E-state index contributed by atoms with van der Waals surface area (Å²) in [5.41, 5.74) is 1.20. The van der Waals surface area contributed by atoms with Crippen molar-refractivity contribution in [1.29, 1.82) is 0 Å². The van der Waals surface area contributed by atoms with Crippen LogP contribution in [0, 0.1) is 6.92 Å². The minimum absolute atomic E-state index is 0.0159. The van der Waals surface area contributed by atoms with Gasteiger partial charge in [0.25, 0.3) is 11.8 Å². The smallest absolute Gasteiger partial charge is 0.264 e. The largest absolute Gasteiger partial charge is 0.508 e. The molecule has 29 heavy (non-hydrogen) atoms. The van der Waals surface area contributed by atoms with E-state index in [4.69, 9.17) is 0 Å². The lowest BCUT2D eigenvalue weighted by atomic mass is 10.0. The number of amides is 3. The van der Waals surface area contributed by atoms with E-state index in [2.05, 4.69) is 5.32 Å². The van der Waals surface area contributed by atoms with Gasteiger partial charge >= 0.3 is 0 Å². The number of nitrogens with zero attached hydrogens (tertiary/aromatic N) is 1. The number of phenolic OH excluding ortho intramolecular Hbond substituents is 1.